The molecule has 1 aromatic carbocycles. The summed E-state index contributed by atoms with van der Waals surface area (Å²) in [7, 11) is 0. The molecule has 1 aromatic heterocycles. The number of anilines is 1. The lowest BCUT2D eigenvalue weighted by Crippen LogP contribution is -2.01. The molecule has 0 aliphatic heterocycles. The Morgan fingerprint density at radius 3 is 2.60 bits per heavy atom. The zero-order valence-electron chi connectivity index (χ0n) is 8.02. The number of benzene rings is 1. The lowest BCUT2D eigenvalue weighted by Gasteiger charge is -2.07. The van der Waals surface area contributed by atoms with Crippen molar-refractivity contribution >= 4 is 28.3 Å². The average Bonchev–Trinajstić information content (AvgIpc) is 2.29. The molecule has 0 aliphatic carbocycles. The Morgan fingerprint density at radius 1 is 1.13 bits per heavy atom. The minimum absolute atomic E-state index is 0.751. The number of aromatic nitrogens is 2. The molecular formula is C11H10IN3. The fraction of sp³-hybridized carbons (Fsp3) is 0.0909. The second-order valence-electron chi connectivity index (χ2n) is 3.08. The molecule has 0 fully saturated rings. The summed E-state index contributed by atoms with van der Waals surface area (Å²) < 4.78 is 1.21. The second-order valence-corrected chi connectivity index (χ2v) is 4.24. The van der Waals surface area contributed by atoms with Crippen LogP contribution in [0.15, 0.2) is 43.0 Å². The van der Waals surface area contributed by atoms with Gasteiger partial charge in [-0.15, -0.1) is 0 Å². The Bertz CT molecular complexity index is 431. The van der Waals surface area contributed by atoms with Gasteiger partial charge in [-0.3, -0.25) is 0 Å². The lowest BCUT2D eigenvalue weighted by atomic mass is 10.3. The highest BCUT2D eigenvalue weighted by molar-refractivity contribution is 14.1. The molecule has 0 radical (unpaired) electrons. The molecule has 0 bridgehead atoms. The fourth-order valence-electron chi connectivity index (χ4n) is 1.22. The smallest absolute Gasteiger partial charge is 0.115 e. The highest BCUT2D eigenvalue weighted by Gasteiger charge is 1.97. The highest BCUT2D eigenvalue weighted by atomic mass is 127. The van der Waals surface area contributed by atoms with Crippen molar-refractivity contribution in [2.75, 3.05) is 5.32 Å². The molecule has 15 heavy (non-hydrogen) atoms. The molecule has 0 unspecified atom stereocenters. The van der Waals surface area contributed by atoms with Crippen molar-refractivity contribution in [1.82, 2.24) is 9.97 Å². The van der Waals surface area contributed by atoms with E-state index in [-0.39, 0.29) is 0 Å². The van der Waals surface area contributed by atoms with Gasteiger partial charge >= 0.3 is 0 Å². The van der Waals surface area contributed by atoms with Crippen LogP contribution in [0.1, 0.15) is 5.56 Å². The van der Waals surface area contributed by atoms with Crippen LogP contribution in [0.4, 0.5) is 5.69 Å². The van der Waals surface area contributed by atoms with E-state index in [1.165, 1.54) is 9.90 Å². The van der Waals surface area contributed by atoms with Crippen molar-refractivity contribution in [3.63, 3.8) is 0 Å². The van der Waals surface area contributed by atoms with E-state index in [1.54, 1.807) is 0 Å². The average molecular weight is 311 g/mol. The molecule has 0 saturated heterocycles. The van der Waals surface area contributed by atoms with E-state index >= 15 is 0 Å². The summed E-state index contributed by atoms with van der Waals surface area (Å²) >= 11 is 2.31. The van der Waals surface area contributed by atoms with Crippen LogP contribution >= 0.6 is 22.6 Å². The van der Waals surface area contributed by atoms with Crippen LogP contribution in [0.2, 0.25) is 0 Å². The summed E-state index contributed by atoms with van der Waals surface area (Å²) in [6.45, 7) is 0.751. The van der Waals surface area contributed by atoms with Crippen molar-refractivity contribution < 1.29 is 0 Å². The molecule has 1 heterocycles. The number of para-hydroxylation sites is 1. The Morgan fingerprint density at radius 2 is 1.87 bits per heavy atom. The van der Waals surface area contributed by atoms with E-state index in [2.05, 4.69) is 50.0 Å². The van der Waals surface area contributed by atoms with Crippen molar-refractivity contribution in [3.05, 3.63) is 52.1 Å². The molecule has 1 N–H and O–H groups in total. The van der Waals surface area contributed by atoms with Crippen LogP contribution in [0, 0.1) is 3.57 Å². The van der Waals surface area contributed by atoms with Gasteiger partial charge in [0.1, 0.15) is 6.33 Å². The number of halogens is 1. The van der Waals surface area contributed by atoms with Gasteiger partial charge in [0.25, 0.3) is 0 Å². The third kappa shape index (κ3) is 2.89. The first-order valence-corrected chi connectivity index (χ1v) is 5.66. The van der Waals surface area contributed by atoms with Crippen LogP contribution < -0.4 is 5.32 Å². The van der Waals surface area contributed by atoms with Gasteiger partial charge in [-0.05, 0) is 34.7 Å². The number of nitrogens with zero attached hydrogens (tertiary/aromatic N) is 2. The third-order valence-electron chi connectivity index (χ3n) is 1.97. The zero-order chi connectivity index (χ0) is 10.5. The molecule has 4 heteroatoms. The lowest BCUT2D eigenvalue weighted by molar-refractivity contribution is 1.05. The van der Waals surface area contributed by atoms with E-state index in [9.17, 15) is 0 Å². The number of nitrogens with one attached hydrogen (secondary N) is 1. The van der Waals surface area contributed by atoms with E-state index < -0.39 is 0 Å². The van der Waals surface area contributed by atoms with Crippen molar-refractivity contribution in [2.45, 2.75) is 6.54 Å². The largest absolute Gasteiger partial charge is 0.380 e. The summed E-state index contributed by atoms with van der Waals surface area (Å²) in [5, 5.41) is 3.34. The predicted molar refractivity (Wildman–Crippen MR) is 68.5 cm³/mol. The summed E-state index contributed by atoms with van der Waals surface area (Å²) in [6, 6.07) is 8.18. The summed E-state index contributed by atoms with van der Waals surface area (Å²) in [5.74, 6) is 0. The predicted octanol–water partition coefficient (Wildman–Crippen LogP) is 2.69. The van der Waals surface area contributed by atoms with Gasteiger partial charge in [-0.1, -0.05) is 12.1 Å². The number of hydrogen-bond donors (Lipinski definition) is 1. The van der Waals surface area contributed by atoms with Crippen LogP contribution in [0.5, 0.6) is 0 Å². The fourth-order valence-corrected chi connectivity index (χ4v) is 1.80. The van der Waals surface area contributed by atoms with Crippen LogP contribution in [0.3, 0.4) is 0 Å². The van der Waals surface area contributed by atoms with Crippen LogP contribution in [0.25, 0.3) is 0 Å². The van der Waals surface area contributed by atoms with Gasteiger partial charge in [-0.2, -0.15) is 0 Å². The van der Waals surface area contributed by atoms with Gasteiger partial charge in [0, 0.05) is 33.8 Å². The van der Waals surface area contributed by atoms with Crippen LogP contribution in [-0.4, -0.2) is 9.97 Å². The minimum Gasteiger partial charge on any atom is -0.380 e. The maximum absolute atomic E-state index is 3.97. The second kappa shape index (κ2) is 5.06. The molecular weight excluding hydrogens is 301 g/mol. The number of rotatable bonds is 3. The van der Waals surface area contributed by atoms with Gasteiger partial charge < -0.3 is 5.32 Å². The van der Waals surface area contributed by atoms with Gasteiger partial charge in [-0.25, -0.2) is 9.97 Å². The molecule has 0 atom stereocenters. The maximum Gasteiger partial charge on any atom is 0.115 e. The zero-order valence-corrected chi connectivity index (χ0v) is 10.2. The van der Waals surface area contributed by atoms with E-state index in [4.69, 9.17) is 0 Å². The first-order chi connectivity index (χ1) is 7.36. The molecule has 76 valence electrons. The molecule has 0 saturated carbocycles. The van der Waals surface area contributed by atoms with Crippen molar-refractivity contribution in [3.8, 4) is 0 Å². The van der Waals surface area contributed by atoms with E-state index in [0.717, 1.165) is 17.8 Å². The summed E-state index contributed by atoms with van der Waals surface area (Å²) in [5.41, 5.74) is 2.22. The minimum atomic E-state index is 0.751. The van der Waals surface area contributed by atoms with E-state index in [1.807, 2.05) is 24.5 Å². The summed E-state index contributed by atoms with van der Waals surface area (Å²) in [6.07, 6.45) is 5.17. The Labute approximate surface area is 102 Å². The summed E-state index contributed by atoms with van der Waals surface area (Å²) in [4.78, 5) is 7.93. The van der Waals surface area contributed by atoms with Gasteiger partial charge in [0.05, 0.1) is 0 Å². The first kappa shape index (κ1) is 10.4. The molecule has 2 rings (SSSR count). The monoisotopic (exact) mass is 311 g/mol. The topological polar surface area (TPSA) is 37.8 Å². The Balaban J connectivity index is 2.03. The quantitative estimate of drug-likeness (QED) is 0.886. The normalized spacial score (nSPS) is 9.93. The van der Waals surface area contributed by atoms with Gasteiger partial charge in [0.15, 0.2) is 0 Å². The van der Waals surface area contributed by atoms with Gasteiger partial charge in [0.2, 0.25) is 0 Å². The van der Waals surface area contributed by atoms with E-state index in [0.29, 0.717) is 0 Å². The first-order valence-electron chi connectivity index (χ1n) is 4.58. The Hall–Kier alpha value is -1.17. The third-order valence-corrected chi connectivity index (χ3v) is 2.91. The SMILES string of the molecule is Ic1ccccc1NCc1cncnc1. The molecule has 3 nitrogen and oxygen atoms in total. The highest BCUT2D eigenvalue weighted by Crippen LogP contribution is 2.17. The van der Waals surface area contributed by atoms with Crippen LogP contribution in [-0.2, 0) is 6.54 Å². The molecule has 0 spiro atoms. The standard InChI is InChI=1S/C11H10IN3/c12-10-3-1-2-4-11(10)15-7-9-5-13-8-14-6-9/h1-6,8,15H,7H2. The number of hydrogen-bond acceptors (Lipinski definition) is 3. The van der Waals surface area contributed by atoms with Crippen molar-refractivity contribution in [2.24, 2.45) is 0 Å². The molecule has 2 aromatic rings. The molecule has 0 amide bonds. The Kier molecular flexibility index (Phi) is 3.49. The maximum atomic E-state index is 3.97. The molecule has 0 aliphatic rings. The van der Waals surface area contributed by atoms with Crippen molar-refractivity contribution in [1.29, 1.82) is 0 Å².